The molecule has 0 fully saturated rings. The summed E-state index contributed by atoms with van der Waals surface area (Å²) in [5.41, 5.74) is 14.8. The number of rotatable bonds is 8. The minimum atomic E-state index is -5.12. The normalized spacial score (nSPS) is 11.4. The van der Waals surface area contributed by atoms with E-state index in [1.807, 2.05) is 5.32 Å². The average Bonchev–Trinajstić information content (AvgIpc) is 2.53. The number of anilines is 1. The Morgan fingerprint density at radius 3 is 2.39 bits per heavy atom. The van der Waals surface area contributed by atoms with Crippen LogP contribution in [0.1, 0.15) is 12.8 Å². The number of hydrogen-bond acceptors (Lipinski definition) is 5. The minimum absolute atomic E-state index is 0. The van der Waals surface area contributed by atoms with E-state index in [-0.39, 0.29) is 55.8 Å². The van der Waals surface area contributed by atoms with Gasteiger partial charge < -0.3 is 27.1 Å². The molecule has 0 saturated heterocycles. The van der Waals surface area contributed by atoms with E-state index in [1.54, 1.807) is 0 Å². The van der Waals surface area contributed by atoms with Crippen molar-refractivity contribution >= 4 is 48.2 Å². The Labute approximate surface area is 170 Å². The molecular weight excluding hydrogens is 428 g/mol. The Bertz CT molecular complexity index is 751. The van der Waals surface area contributed by atoms with Gasteiger partial charge in [0.25, 0.3) is 11.3 Å². The maximum atomic E-state index is 12.7. The highest BCUT2D eigenvalue weighted by Crippen LogP contribution is 2.20. The lowest BCUT2D eigenvalue weighted by Gasteiger charge is -2.19. The summed E-state index contributed by atoms with van der Waals surface area (Å²) in [6.07, 6.45) is -4.17. The number of carbonyl (C=O) groups is 2. The Kier molecular flexibility index (Phi) is 12.0. The van der Waals surface area contributed by atoms with Crippen LogP contribution in [0.3, 0.4) is 0 Å². The van der Waals surface area contributed by atoms with Crippen LogP contribution in [0.25, 0.3) is 0 Å². The number of aliphatic imine (C=N–C) groups is 1. The predicted octanol–water partition coefficient (Wildman–Crippen LogP) is -0.0561. The van der Waals surface area contributed by atoms with E-state index in [1.165, 1.54) is 18.3 Å². The molecule has 0 saturated carbocycles. The Morgan fingerprint density at radius 1 is 1.25 bits per heavy atom. The van der Waals surface area contributed by atoms with E-state index in [0.717, 1.165) is 4.57 Å². The van der Waals surface area contributed by atoms with Gasteiger partial charge in [0.05, 0.1) is 11.7 Å². The number of aromatic nitrogens is 1. The molecule has 28 heavy (non-hydrogen) atoms. The highest BCUT2D eigenvalue weighted by atomic mass is 35.5. The summed E-state index contributed by atoms with van der Waals surface area (Å²) < 4.78 is 39.0. The second-order valence-corrected chi connectivity index (χ2v) is 5.33. The van der Waals surface area contributed by atoms with E-state index >= 15 is 0 Å². The van der Waals surface area contributed by atoms with Crippen LogP contribution < -0.4 is 28.1 Å². The van der Waals surface area contributed by atoms with Crippen LogP contribution >= 0.6 is 24.8 Å². The quantitative estimate of drug-likeness (QED) is 0.247. The van der Waals surface area contributed by atoms with Crippen LogP contribution in [0.5, 0.6) is 0 Å². The van der Waals surface area contributed by atoms with Crippen molar-refractivity contribution in [1.29, 1.82) is 0 Å². The molecule has 0 aliphatic carbocycles. The third-order valence-electron chi connectivity index (χ3n) is 3.24. The predicted molar refractivity (Wildman–Crippen MR) is 103 cm³/mol. The molecule has 14 heteroatoms. The fraction of sp³-hybridized carbons (Fsp3) is 0.429. The maximum absolute atomic E-state index is 12.7. The topological polar surface area (TPSA) is 159 Å². The molecule has 0 radical (unpaired) electrons. The van der Waals surface area contributed by atoms with Crippen molar-refractivity contribution in [3.05, 3.63) is 28.7 Å². The summed E-state index contributed by atoms with van der Waals surface area (Å²) in [4.78, 5) is 38.8. The summed E-state index contributed by atoms with van der Waals surface area (Å²) >= 11 is 0. The van der Waals surface area contributed by atoms with Crippen molar-refractivity contribution in [2.45, 2.75) is 31.6 Å². The molecule has 1 aromatic heterocycles. The van der Waals surface area contributed by atoms with Gasteiger partial charge in [-0.2, -0.15) is 13.2 Å². The number of carbonyl (C=O) groups excluding carboxylic acids is 2. The molecule has 1 rings (SSSR count). The number of alkyl halides is 3. The summed E-state index contributed by atoms with van der Waals surface area (Å²) in [7, 11) is 0. The lowest BCUT2D eigenvalue weighted by atomic mass is 10.1. The molecule has 1 amide bonds. The highest BCUT2D eigenvalue weighted by Gasteiger charge is 2.43. The first kappa shape index (κ1) is 27.7. The maximum Gasteiger partial charge on any atom is 0.452 e. The molecule has 0 aliphatic rings. The molecule has 0 aliphatic heterocycles. The van der Waals surface area contributed by atoms with Crippen molar-refractivity contribution in [3.8, 4) is 0 Å². The molecular formula is C14H21Cl2F3N6O3. The first-order valence-electron chi connectivity index (χ1n) is 7.43. The van der Waals surface area contributed by atoms with Gasteiger partial charge in [-0.1, -0.05) is 0 Å². The second-order valence-electron chi connectivity index (χ2n) is 5.33. The van der Waals surface area contributed by atoms with Crippen molar-refractivity contribution in [2.75, 3.05) is 12.3 Å². The zero-order valence-electron chi connectivity index (χ0n) is 14.4. The van der Waals surface area contributed by atoms with Crippen LogP contribution in [-0.4, -0.2) is 41.0 Å². The first-order chi connectivity index (χ1) is 12.0. The number of amides is 1. The molecule has 0 bridgehead atoms. The number of nitrogens with one attached hydrogen (secondary N) is 1. The number of hydrogen-bond donors (Lipinski definition) is 4. The third-order valence-corrected chi connectivity index (χ3v) is 3.24. The van der Waals surface area contributed by atoms with Crippen LogP contribution in [0.2, 0.25) is 0 Å². The van der Waals surface area contributed by atoms with Gasteiger partial charge in [-0.3, -0.25) is 19.4 Å². The number of halogens is 5. The van der Waals surface area contributed by atoms with E-state index in [0.29, 0.717) is 0 Å². The number of nitrogens with two attached hydrogens (primary N) is 3. The molecule has 160 valence electrons. The minimum Gasteiger partial charge on any atom is -0.394 e. The van der Waals surface area contributed by atoms with Crippen molar-refractivity contribution in [1.82, 2.24) is 9.88 Å². The van der Waals surface area contributed by atoms with Crippen molar-refractivity contribution in [2.24, 2.45) is 16.5 Å². The first-order valence-corrected chi connectivity index (χ1v) is 7.43. The molecule has 0 aromatic carbocycles. The van der Waals surface area contributed by atoms with Crippen LogP contribution in [-0.2, 0) is 16.1 Å². The van der Waals surface area contributed by atoms with E-state index in [9.17, 15) is 27.6 Å². The van der Waals surface area contributed by atoms with Gasteiger partial charge >= 0.3 is 6.18 Å². The van der Waals surface area contributed by atoms with Gasteiger partial charge in [0.15, 0.2) is 5.96 Å². The number of nitrogen functional groups attached to an aromatic ring is 1. The monoisotopic (exact) mass is 448 g/mol. The van der Waals surface area contributed by atoms with Gasteiger partial charge in [0.2, 0.25) is 5.91 Å². The van der Waals surface area contributed by atoms with Crippen LogP contribution in [0.15, 0.2) is 28.1 Å². The fourth-order valence-corrected chi connectivity index (χ4v) is 2.04. The Balaban J connectivity index is 0. The van der Waals surface area contributed by atoms with Gasteiger partial charge in [0, 0.05) is 12.7 Å². The summed E-state index contributed by atoms with van der Waals surface area (Å²) in [5.74, 6) is -3.29. The Morgan fingerprint density at radius 2 is 1.86 bits per heavy atom. The lowest BCUT2D eigenvalue weighted by Crippen LogP contribution is -2.48. The Hall–Kier alpha value is -2.47. The van der Waals surface area contributed by atoms with Crippen LogP contribution in [0.4, 0.5) is 18.9 Å². The van der Waals surface area contributed by atoms with E-state index in [2.05, 4.69) is 4.99 Å². The smallest absolute Gasteiger partial charge is 0.394 e. The van der Waals surface area contributed by atoms with Gasteiger partial charge in [-0.15, -0.1) is 24.8 Å². The van der Waals surface area contributed by atoms with Crippen molar-refractivity contribution < 1.29 is 22.8 Å². The summed E-state index contributed by atoms with van der Waals surface area (Å²) in [6, 6.07) is 0.905. The standard InChI is InChI=1S/C14H19F3N6O3.2ClH/c15-14(16,17)11(25)9(4-1-5-21-13(19)20)22-10(24)7-23-6-2-3-8(18)12(23)26;;/h2-3,6,9H,1,4-5,7,18H2,(H,22,24)(H4,19,20,21);2*1H. The van der Waals surface area contributed by atoms with E-state index in [4.69, 9.17) is 17.2 Å². The number of pyridine rings is 1. The fourth-order valence-electron chi connectivity index (χ4n) is 2.04. The van der Waals surface area contributed by atoms with Gasteiger partial charge in [0.1, 0.15) is 6.54 Å². The largest absolute Gasteiger partial charge is 0.452 e. The van der Waals surface area contributed by atoms with E-state index < -0.39 is 36.0 Å². The average molecular weight is 449 g/mol. The van der Waals surface area contributed by atoms with Crippen molar-refractivity contribution in [3.63, 3.8) is 0 Å². The molecule has 1 heterocycles. The molecule has 9 nitrogen and oxygen atoms in total. The molecule has 7 N–H and O–H groups in total. The zero-order valence-corrected chi connectivity index (χ0v) is 16.1. The lowest BCUT2D eigenvalue weighted by molar-refractivity contribution is -0.174. The number of nitrogens with zero attached hydrogens (tertiary/aromatic N) is 2. The third kappa shape index (κ3) is 8.95. The summed E-state index contributed by atoms with van der Waals surface area (Å²) in [6.45, 7) is -0.589. The van der Waals surface area contributed by atoms with Crippen LogP contribution in [0, 0.1) is 0 Å². The molecule has 1 atom stereocenters. The summed E-state index contributed by atoms with van der Waals surface area (Å²) in [5, 5.41) is 1.99. The molecule has 1 aromatic rings. The number of guanidine groups is 1. The zero-order chi connectivity index (χ0) is 19.9. The van der Waals surface area contributed by atoms with Gasteiger partial charge in [-0.05, 0) is 25.0 Å². The SMILES string of the molecule is Cl.Cl.NC(N)=NCCCC(NC(=O)Cn1cccc(N)c1=O)C(=O)C(F)(F)F. The highest BCUT2D eigenvalue weighted by molar-refractivity contribution is 5.92. The molecule has 1 unspecified atom stereocenters. The molecule has 0 spiro atoms. The van der Waals surface area contributed by atoms with Gasteiger partial charge in [-0.25, -0.2) is 0 Å². The second kappa shape index (κ2) is 12.1. The number of Topliss-reactive ketones (excluding diaryl/α,β-unsaturated/α-hetero) is 1. The number of ketones is 1.